The summed E-state index contributed by atoms with van der Waals surface area (Å²) in [5, 5.41) is 0. The van der Waals surface area contributed by atoms with Gasteiger partial charge >= 0.3 is 0 Å². The molecular weight excluding hydrogens is 210 g/mol. The largest absolute Gasteiger partial charge is 0.492 e. The number of piperidine rings is 1. The Morgan fingerprint density at radius 3 is 2.65 bits per heavy atom. The number of hydrogen-bond acceptors (Lipinski definition) is 2. The molecule has 2 nitrogen and oxygen atoms in total. The summed E-state index contributed by atoms with van der Waals surface area (Å²) in [4.78, 5) is 2.51. The lowest BCUT2D eigenvalue weighted by Gasteiger charge is -2.30. The number of nitrogens with zero attached hydrogens (tertiary/aromatic N) is 1. The van der Waals surface area contributed by atoms with Crippen molar-refractivity contribution in [2.75, 3.05) is 26.2 Å². The first-order valence-electron chi connectivity index (χ1n) is 6.66. The maximum Gasteiger partial charge on any atom is 0.122 e. The lowest BCUT2D eigenvalue weighted by Crippen LogP contribution is -2.35. The molecule has 2 heteroatoms. The molecule has 0 aromatic heterocycles. The Balaban J connectivity index is 1.71. The van der Waals surface area contributed by atoms with E-state index in [-0.39, 0.29) is 0 Å². The van der Waals surface area contributed by atoms with Crippen LogP contribution in [0, 0.1) is 12.8 Å². The predicted molar refractivity (Wildman–Crippen MR) is 71.5 cm³/mol. The maximum absolute atomic E-state index is 5.82. The van der Waals surface area contributed by atoms with E-state index in [1.54, 1.807) is 0 Å². The van der Waals surface area contributed by atoms with Crippen molar-refractivity contribution >= 4 is 0 Å². The van der Waals surface area contributed by atoms with Gasteiger partial charge in [0.1, 0.15) is 12.4 Å². The monoisotopic (exact) mass is 233 g/mol. The summed E-state index contributed by atoms with van der Waals surface area (Å²) in [5.41, 5.74) is 1.22. The third-order valence-electron chi connectivity index (χ3n) is 3.63. The van der Waals surface area contributed by atoms with E-state index >= 15 is 0 Å². The molecule has 0 aliphatic carbocycles. The van der Waals surface area contributed by atoms with Crippen LogP contribution in [0.5, 0.6) is 5.75 Å². The third kappa shape index (κ3) is 3.74. The molecule has 17 heavy (non-hydrogen) atoms. The minimum absolute atomic E-state index is 0.805. The van der Waals surface area contributed by atoms with Crippen molar-refractivity contribution < 1.29 is 4.74 Å². The molecule has 0 atom stereocenters. The molecule has 1 fully saturated rings. The van der Waals surface area contributed by atoms with Crippen molar-refractivity contribution in [3.8, 4) is 5.75 Å². The molecule has 0 spiro atoms. The van der Waals surface area contributed by atoms with E-state index in [4.69, 9.17) is 4.74 Å². The van der Waals surface area contributed by atoms with Gasteiger partial charge in [0, 0.05) is 6.54 Å². The molecule has 1 aliphatic heterocycles. The zero-order chi connectivity index (χ0) is 12.1. The summed E-state index contributed by atoms with van der Waals surface area (Å²) in [6, 6.07) is 8.23. The topological polar surface area (TPSA) is 12.5 Å². The van der Waals surface area contributed by atoms with Gasteiger partial charge in [-0.15, -0.1) is 0 Å². The van der Waals surface area contributed by atoms with Crippen molar-refractivity contribution in [1.29, 1.82) is 0 Å². The Labute approximate surface area is 105 Å². The standard InChI is InChI=1S/C15H23NO/c1-13-7-9-16(10-8-13)11-12-17-15-6-4-3-5-14(15)2/h3-6,13H,7-12H2,1-2H3. The van der Waals surface area contributed by atoms with Gasteiger partial charge in [0.2, 0.25) is 0 Å². The minimum Gasteiger partial charge on any atom is -0.492 e. The summed E-state index contributed by atoms with van der Waals surface area (Å²) in [5.74, 6) is 1.93. The van der Waals surface area contributed by atoms with Crippen LogP contribution >= 0.6 is 0 Å². The maximum atomic E-state index is 5.82. The van der Waals surface area contributed by atoms with Gasteiger partial charge < -0.3 is 4.74 Å². The highest BCUT2D eigenvalue weighted by atomic mass is 16.5. The quantitative estimate of drug-likeness (QED) is 0.792. The summed E-state index contributed by atoms with van der Waals surface area (Å²) in [6.07, 6.45) is 2.68. The van der Waals surface area contributed by atoms with Crippen LogP contribution in [-0.2, 0) is 0 Å². The average Bonchev–Trinajstić information content (AvgIpc) is 2.34. The van der Waals surface area contributed by atoms with E-state index in [2.05, 4.69) is 24.8 Å². The van der Waals surface area contributed by atoms with Crippen LogP contribution in [-0.4, -0.2) is 31.1 Å². The second-order valence-electron chi connectivity index (χ2n) is 5.14. The molecule has 0 radical (unpaired) electrons. The summed E-state index contributed by atoms with van der Waals surface area (Å²) in [6.45, 7) is 8.77. The van der Waals surface area contributed by atoms with Gasteiger partial charge in [-0.05, 0) is 50.4 Å². The lowest BCUT2D eigenvalue weighted by atomic mass is 9.99. The number of aryl methyl sites for hydroxylation is 1. The molecule has 0 unspecified atom stereocenters. The average molecular weight is 233 g/mol. The first-order valence-corrected chi connectivity index (χ1v) is 6.66. The predicted octanol–water partition coefficient (Wildman–Crippen LogP) is 3.11. The van der Waals surface area contributed by atoms with Gasteiger partial charge in [-0.2, -0.15) is 0 Å². The molecule has 1 saturated heterocycles. The van der Waals surface area contributed by atoms with E-state index in [0.29, 0.717) is 0 Å². The molecule has 94 valence electrons. The summed E-state index contributed by atoms with van der Waals surface area (Å²) >= 11 is 0. The van der Waals surface area contributed by atoms with Gasteiger partial charge in [-0.25, -0.2) is 0 Å². The Bertz CT molecular complexity index is 343. The molecule has 0 saturated carbocycles. The molecule has 1 aromatic carbocycles. The van der Waals surface area contributed by atoms with Crippen LogP contribution < -0.4 is 4.74 Å². The van der Waals surface area contributed by atoms with Crippen LogP contribution in [0.1, 0.15) is 25.3 Å². The summed E-state index contributed by atoms with van der Waals surface area (Å²) in [7, 11) is 0. The normalized spacial score (nSPS) is 18.2. The van der Waals surface area contributed by atoms with Crippen LogP contribution in [0.15, 0.2) is 24.3 Å². The SMILES string of the molecule is Cc1ccccc1OCCN1CCC(C)CC1. The first-order chi connectivity index (χ1) is 8.25. The van der Waals surface area contributed by atoms with E-state index in [0.717, 1.165) is 24.8 Å². The Morgan fingerprint density at radius 2 is 1.94 bits per heavy atom. The minimum atomic E-state index is 0.805. The van der Waals surface area contributed by atoms with Gasteiger partial charge in [-0.3, -0.25) is 4.90 Å². The molecule has 0 amide bonds. The van der Waals surface area contributed by atoms with Gasteiger partial charge in [0.15, 0.2) is 0 Å². The van der Waals surface area contributed by atoms with Crippen LogP contribution in [0.2, 0.25) is 0 Å². The number of ether oxygens (including phenoxy) is 1. The van der Waals surface area contributed by atoms with Crippen molar-refractivity contribution in [1.82, 2.24) is 4.90 Å². The number of benzene rings is 1. The Kier molecular flexibility index (Phi) is 4.43. The number of hydrogen-bond donors (Lipinski definition) is 0. The number of para-hydroxylation sites is 1. The molecule has 0 bridgehead atoms. The first kappa shape index (κ1) is 12.4. The van der Waals surface area contributed by atoms with Crippen LogP contribution in [0.25, 0.3) is 0 Å². The van der Waals surface area contributed by atoms with Crippen molar-refractivity contribution in [3.05, 3.63) is 29.8 Å². The highest BCUT2D eigenvalue weighted by Gasteiger charge is 2.15. The van der Waals surface area contributed by atoms with Crippen LogP contribution in [0.3, 0.4) is 0 Å². The van der Waals surface area contributed by atoms with Crippen molar-refractivity contribution in [3.63, 3.8) is 0 Å². The zero-order valence-electron chi connectivity index (χ0n) is 11.0. The Hall–Kier alpha value is -1.02. The lowest BCUT2D eigenvalue weighted by molar-refractivity contribution is 0.160. The van der Waals surface area contributed by atoms with Gasteiger partial charge in [-0.1, -0.05) is 25.1 Å². The smallest absolute Gasteiger partial charge is 0.122 e. The van der Waals surface area contributed by atoms with Crippen LogP contribution in [0.4, 0.5) is 0 Å². The second-order valence-corrected chi connectivity index (χ2v) is 5.14. The molecular formula is C15H23NO. The van der Waals surface area contributed by atoms with E-state index < -0.39 is 0 Å². The van der Waals surface area contributed by atoms with E-state index in [1.165, 1.54) is 31.5 Å². The molecule has 0 N–H and O–H groups in total. The fourth-order valence-electron chi connectivity index (χ4n) is 2.29. The fraction of sp³-hybridized carbons (Fsp3) is 0.600. The van der Waals surface area contributed by atoms with Gasteiger partial charge in [0.05, 0.1) is 0 Å². The second kappa shape index (κ2) is 6.06. The highest BCUT2D eigenvalue weighted by Crippen LogP contribution is 2.17. The Morgan fingerprint density at radius 1 is 1.24 bits per heavy atom. The molecule has 2 rings (SSSR count). The molecule has 1 heterocycles. The zero-order valence-corrected chi connectivity index (χ0v) is 11.0. The van der Waals surface area contributed by atoms with Crippen molar-refractivity contribution in [2.24, 2.45) is 5.92 Å². The number of likely N-dealkylation sites (tertiary alicyclic amines) is 1. The highest BCUT2D eigenvalue weighted by molar-refractivity contribution is 5.31. The van der Waals surface area contributed by atoms with Crippen molar-refractivity contribution in [2.45, 2.75) is 26.7 Å². The summed E-state index contributed by atoms with van der Waals surface area (Å²) < 4.78 is 5.82. The number of rotatable bonds is 4. The van der Waals surface area contributed by atoms with E-state index in [9.17, 15) is 0 Å². The third-order valence-corrected chi connectivity index (χ3v) is 3.63. The molecule has 1 aliphatic rings. The fourth-order valence-corrected chi connectivity index (χ4v) is 2.29. The molecule has 1 aromatic rings. The van der Waals surface area contributed by atoms with E-state index in [1.807, 2.05) is 18.2 Å². The van der Waals surface area contributed by atoms with Gasteiger partial charge in [0.25, 0.3) is 0 Å².